The predicted octanol–water partition coefficient (Wildman–Crippen LogP) is 3.61. The van der Waals surface area contributed by atoms with Crippen molar-refractivity contribution in [2.75, 3.05) is 12.4 Å². The van der Waals surface area contributed by atoms with E-state index in [2.05, 4.69) is 21.2 Å². The summed E-state index contributed by atoms with van der Waals surface area (Å²) >= 11 is 3.39. The van der Waals surface area contributed by atoms with Gasteiger partial charge in [0.2, 0.25) is 11.8 Å². The van der Waals surface area contributed by atoms with Gasteiger partial charge in [-0.15, -0.1) is 0 Å². The Labute approximate surface area is 143 Å². The molecule has 2 atom stereocenters. The van der Waals surface area contributed by atoms with Crippen molar-refractivity contribution < 1.29 is 9.59 Å². The molecule has 1 fully saturated rings. The van der Waals surface area contributed by atoms with Crippen molar-refractivity contribution >= 4 is 33.4 Å². The van der Waals surface area contributed by atoms with Crippen LogP contribution in [0.5, 0.6) is 0 Å². The monoisotopic (exact) mass is 372 g/mol. The van der Waals surface area contributed by atoms with Gasteiger partial charge in [0.05, 0.1) is 12.0 Å². The average molecular weight is 373 g/mol. The Morgan fingerprint density at radius 3 is 2.61 bits per heavy atom. The number of likely N-dealkylation sites (tertiary alicyclic amines) is 1. The first-order valence-electron chi connectivity index (χ1n) is 7.43. The normalized spacial score (nSPS) is 20.6. The number of amides is 2. The molecule has 0 unspecified atom stereocenters. The summed E-state index contributed by atoms with van der Waals surface area (Å²) in [4.78, 5) is 26.5. The first-order chi connectivity index (χ1) is 11.1. The zero-order chi connectivity index (χ0) is 16.4. The number of benzene rings is 2. The predicted molar refractivity (Wildman–Crippen MR) is 92.8 cm³/mol. The first kappa shape index (κ1) is 15.7. The van der Waals surface area contributed by atoms with Gasteiger partial charge in [0, 0.05) is 23.6 Å². The van der Waals surface area contributed by atoms with Gasteiger partial charge in [-0.25, -0.2) is 0 Å². The number of hydrogen-bond donors (Lipinski definition) is 1. The van der Waals surface area contributed by atoms with Crippen molar-refractivity contribution in [2.45, 2.75) is 12.5 Å². The quantitative estimate of drug-likeness (QED) is 0.894. The van der Waals surface area contributed by atoms with Crippen LogP contribution >= 0.6 is 15.9 Å². The molecule has 3 rings (SSSR count). The third-order valence-corrected chi connectivity index (χ3v) is 4.65. The molecule has 1 N–H and O–H groups in total. The Bertz CT molecular complexity index is 733. The van der Waals surface area contributed by atoms with Gasteiger partial charge in [0.15, 0.2) is 0 Å². The summed E-state index contributed by atoms with van der Waals surface area (Å²) in [6.45, 7) is 0. The average Bonchev–Trinajstić information content (AvgIpc) is 2.84. The molecule has 1 saturated heterocycles. The van der Waals surface area contributed by atoms with Crippen LogP contribution in [-0.2, 0) is 9.59 Å². The molecule has 2 aromatic rings. The van der Waals surface area contributed by atoms with E-state index in [1.807, 2.05) is 54.6 Å². The highest BCUT2D eigenvalue weighted by molar-refractivity contribution is 9.10. The van der Waals surface area contributed by atoms with Gasteiger partial charge < -0.3 is 10.2 Å². The number of hydrogen-bond acceptors (Lipinski definition) is 2. The maximum Gasteiger partial charge on any atom is 0.230 e. The summed E-state index contributed by atoms with van der Waals surface area (Å²) in [7, 11) is 1.76. The molecule has 1 aliphatic heterocycles. The van der Waals surface area contributed by atoms with Crippen LogP contribution in [0.1, 0.15) is 18.0 Å². The van der Waals surface area contributed by atoms with Crippen molar-refractivity contribution in [1.82, 2.24) is 4.90 Å². The lowest BCUT2D eigenvalue weighted by Gasteiger charge is -2.25. The van der Waals surface area contributed by atoms with Crippen LogP contribution in [0.2, 0.25) is 0 Å². The Morgan fingerprint density at radius 1 is 1.17 bits per heavy atom. The van der Waals surface area contributed by atoms with E-state index in [9.17, 15) is 9.59 Å². The Morgan fingerprint density at radius 2 is 1.91 bits per heavy atom. The molecule has 2 aromatic carbocycles. The fourth-order valence-electron chi connectivity index (χ4n) is 3.01. The number of carbonyl (C=O) groups is 2. The Hall–Kier alpha value is -2.14. The molecule has 23 heavy (non-hydrogen) atoms. The van der Waals surface area contributed by atoms with E-state index >= 15 is 0 Å². The highest BCUT2D eigenvalue weighted by Gasteiger charge is 2.42. The highest BCUT2D eigenvalue weighted by atomic mass is 79.9. The maximum absolute atomic E-state index is 12.7. The minimum Gasteiger partial charge on any atom is -0.338 e. The van der Waals surface area contributed by atoms with Crippen LogP contribution in [-0.4, -0.2) is 23.8 Å². The summed E-state index contributed by atoms with van der Waals surface area (Å²) in [5.41, 5.74) is 1.70. The van der Waals surface area contributed by atoms with Crippen molar-refractivity contribution in [3.63, 3.8) is 0 Å². The molecule has 0 radical (unpaired) electrons. The number of halogens is 1. The van der Waals surface area contributed by atoms with Gasteiger partial charge in [-0.05, 0) is 23.8 Å². The summed E-state index contributed by atoms with van der Waals surface area (Å²) in [5, 5.41) is 2.92. The molecule has 2 amide bonds. The summed E-state index contributed by atoms with van der Waals surface area (Å²) in [5.74, 6) is -0.531. The van der Waals surface area contributed by atoms with Crippen molar-refractivity contribution in [3.05, 3.63) is 64.6 Å². The fourth-order valence-corrected chi connectivity index (χ4v) is 3.41. The van der Waals surface area contributed by atoms with E-state index < -0.39 is 5.92 Å². The van der Waals surface area contributed by atoms with Crippen LogP contribution in [0.25, 0.3) is 0 Å². The van der Waals surface area contributed by atoms with Gasteiger partial charge in [-0.2, -0.15) is 0 Å². The van der Waals surface area contributed by atoms with Crippen LogP contribution in [0.4, 0.5) is 5.69 Å². The van der Waals surface area contributed by atoms with Crippen molar-refractivity contribution in [3.8, 4) is 0 Å². The van der Waals surface area contributed by atoms with E-state index in [0.29, 0.717) is 0 Å². The molecule has 0 spiro atoms. The largest absolute Gasteiger partial charge is 0.338 e. The smallest absolute Gasteiger partial charge is 0.230 e. The molecule has 0 aliphatic carbocycles. The SMILES string of the molecule is CN1C(=O)C[C@@H](C(=O)Nc2cccc(Br)c2)[C@H]1c1ccccc1. The molecule has 118 valence electrons. The van der Waals surface area contributed by atoms with Crippen LogP contribution < -0.4 is 5.32 Å². The van der Waals surface area contributed by atoms with Crippen molar-refractivity contribution in [1.29, 1.82) is 0 Å². The topological polar surface area (TPSA) is 49.4 Å². The standard InChI is InChI=1S/C18H17BrN2O2/c1-21-16(22)11-15(17(21)12-6-3-2-4-7-12)18(23)20-14-9-5-8-13(19)10-14/h2-10,15,17H,11H2,1H3,(H,20,23)/t15-,17-/m1/s1. The van der Waals surface area contributed by atoms with Gasteiger partial charge in [0.1, 0.15) is 0 Å². The number of nitrogens with zero attached hydrogens (tertiary/aromatic N) is 1. The highest BCUT2D eigenvalue weighted by Crippen LogP contribution is 2.37. The van der Waals surface area contributed by atoms with E-state index in [1.54, 1.807) is 11.9 Å². The fraction of sp³-hybridized carbons (Fsp3) is 0.222. The molecule has 1 aliphatic rings. The van der Waals surface area contributed by atoms with Gasteiger partial charge in [0.25, 0.3) is 0 Å². The zero-order valence-corrected chi connectivity index (χ0v) is 14.3. The third-order valence-electron chi connectivity index (χ3n) is 4.16. The second kappa shape index (κ2) is 6.54. The minimum absolute atomic E-state index is 0.00625. The molecule has 0 bridgehead atoms. The lowest BCUT2D eigenvalue weighted by Crippen LogP contribution is -2.30. The van der Waals surface area contributed by atoms with Gasteiger partial charge >= 0.3 is 0 Å². The summed E-state index contributed by atoms with van der Waals surface area (Å²) in [6, 6.07) is 16.9. The first-order valence-corrected chi connectivity index (χ1v) is 8.22. The van der Waals surface area contributed by atoms with Crippen molar-refractivity contribution in [2.24, 2.45) is 5.92 Å². The van der Waals surface area contributed by atoms with Crippen LogP contribution in [0.15, 0.2) is 59.1 Å². The number of rotatable bonds is 3. The molecular formula is C18H17BrN2O2. The molecule has 0 saturated carbocycles. The molecule has 1 heterocycles. The van der Waals surface area contributed by atoms with E-state index in [1.165, 1.54) is 0 Å². The number of nitrogens with one attached hydrogen (secondary N) is 1. The number of anilines is 1. The van der Waals surface area contributed by atoms with E-state index in [-0.39, 0.29) is 24.3 Å². The Kier molecular flexibility index (Phi) is 4.48. The number of carbonyl (C=O) groups excluding carboxylic acids is 2. The molecule has 4 nitrogen and oxygen atoms in total. The maximum atomic E-state index is 12.7. The van der Waals surface area contributed by atoms with E-state index in [4.69, 9.17) is 0 Å². The second-order valence-corrected chi connectivity index (χ2v) is 6.59. The van der Waals surface area contributed by atoms with Crippen LogP contribution in [0.3, 0.4) is 0 Å². The van der Waals surface area contributed by atoms with E-state index in [0.717, 1.165) is 15.7 Å². The Balaban J connectivity index is 1.84. The molecule has 0 aromatic heterocycles. The minimum atomic E-state index is -0.395. The summed E-state index contributed by atoms with van der Waals surface area (Å²) in [6.07, 6.45) is 0.232. The molecule has 5 heteroatoms. The van der Waals surface area contributed by atoms with Gasteiger partial charge in [-0.3, -0.25) is 9.59 Å². The lowest BCUT2D eigenvalue weighted by atomic mass is 9.93. The van der Waals surface area contributed by atoms with Crippen LogP contribution in [0, 0.1) is 5.92 Å². The lowest BCUT2D eigenvalue weighted by molar-refractivity contribution is -0.127. The molecular weight excluding hydrogens is 356 g/mol. The third kappa shape index (κ3) is 3.29. The summed E-state index contributed by atoms with van der Waals surface area (Å²) < 4.78 is 0.898. The van der Waals surface area contributed by atoms with Gasteiger partial charge in [-0.1, -0.05) is 52.3 Å². The second-order valence-electron chi connectivity index (χ2n) is 5.67. The zero-order valence-electron chi connectivity index (χ0n) is 12.7.